The van der Waals surface area contributed by atoms with Crippen molar-refractivity contribution in [3.8, 4) is 17.2 Å². The summed E-state index contributed by atoms with van der Waals surface area (Å²) in [5.41, 5.74) is -0.605. The second-order valence-electron chi connectivity index (χ2n) is 5.97. The Labute approximate surface area is 125 Å². The van der Waals surface area contributed by atoms with E-state index in [1.807, 2.05) is 13.8 Å². The lowest BCUT2D eigenvalue weighted by Crippen LogP contribution is -2.22. The molecule has 0 spiro atoms. The van der Waals surface area contributed by atoms with Gasteiger partial charge in [0.05, 0.1) is 21.5 Å². The second kappa shape index (κ2) is 3.88. The minimum Gasteiger partial charge on any atom is -0.507 e. The summed E-state index contributed by atoms with van der Waals surface area (Å²) in [5, 5.41) is 34.0. The van der Waals surface area contributed by atoms with Gasteiger partial charge in [-0.1, -0.05) is 12.1 Å². The largest absolute Gasteiger partial charge is 0.507 e. The molecule has 5 nitrogen and oxygen atoms in total. The van der Waals surface area contributed by atoms with Gasteiger partial charge in [-0.15, -0.1) is 0 Å². The molecule has 5 heteroatoms. The van der Waals surface area contributed by atoms with Gasteiger partial charge >= 0.3 is 0 Å². The third-order valence-electron chi connectivity index (χ3n) is 3.96. The number of hydrogen-bond donors (Lipinski definition) is 3. The van der Waals surface area contributed by atoms with Crippen LogP contribution in [0.3, 0.4) is 0 Å². The number of phenolic OH excluding ortho intramolecular Hbond substituents is 3. The minimum absolute atomic E-state index is 0.0152. The fourth-order valence-corrected chi connectivity index (χ4v) is 3.07. The fourth-order valence-electron chi connectivity index (χ4n) is 3.07. The van der Waals surface area contributed by atoms with Gasteiger partial charge < -0.3 is 15.3 Å². The van der Waals surface area contributed by atoms with Gasteiger partial charge in [-0.3, -0.25) is 9.98 Å². The number of hydrogen-bond acceptors (Lipinski definition) is 5. The SMILES string of the molecule is CC1(C)N=c2ccc3c(O)c4cccc(O)c4c(O)c3c2=N1. The zero-order chi connectivity index (χ0) is 15.6. The zero-order valence-corrected chi connectivity index (χ0v) is 12.1. The zero-order valence-electron chi connectivity index (χ0n) is 12.1. The Morgan fingerprint density at radius 3 is 2.32 bits per heavy atom. The Hall–Kier alpha value is -2.82. The van der Waals surface area contributed by atoms with Crippen molar-refractivity contribution in [1.82, 2.24) is 0 Å². The van der Waals surface area contributed by atoms with Gasteiger partial charge in [0.25, 0.3) is 0 Å². The Morgan fingerprint density at radius 2 is 1.55 bits per heavy atom. The van der Waals surface area contributed by atoms with Crippen molar-refractivity contribution in [1.29, 1.82) is 0 Å². The van der Waals surface area contributed by atoms with Crippen LogP contribution in [0.1, 0.15) is 13.8 Å². The van der Waals surface area contributed by atoms with Crippen molar-refractivity contribution in [2.45, 2.75) is 19.5 Å². The number of rotatable bonds is 0. The molecule has 110 valence electrons. The molecule has 0 aromatic heterocycles. The van der Waals surface area contributed by atoms with E-state index in [-0.39, 0.29) is 22.6 Å². The van der Waals surface area contributed by atoms with E-state index in [0.29, 0.717) is 26.9 Å². The smallest absolute Gasteiger partial charge is 0.146 e. The first-order valence-corrected chi connectivity index (χ1v) is 6.97. The van der Waals surface area contributed by atoms with E-state index in [4.69, 9.17) is 0 Å². The molecule has 0 bridgehead atoms. The van der Waals surface area contributed by atoms with Crippen LogP contribution in [0, 0.1) is 0 Å². The summed E-state index contributed by atoms with van der Waals surface area (Å²) in [4.78, 5) is 9.02. The van der Waals surface area contributed by atoms with Gasteiger partial charge in [0, 0.05) is 10.8 Å². The minimum atomic E-state index is -0.605. The molecule has 0 fully saturated rings. The fraction of sp³-hybridized carbons (Fsp3) is 0.176. The molecule has 0 saturated heterocycles. The topological polar surface area (TPSA) is 85.4 Å². The van der Waals surface area contributed by atoms with E-state index in [0.717, 1.165) is 0 Å². The van der Waals surface area contributed by atoms with Crippen LogP contribution in [0.4, 0.5) is 0 Å². The van der Waals surface area contributed by atoms with Gasteiger partial charge in [0.2, 0.25) is 0 Å². The molecule has 0 atom stereocenters. The van der Waals surface area contributed by atoms with Gasteiger partial charge in [-0.05, 0) is 32.0 Å². The van der Waals surface area contributed by atoms with Crippen LogP contribution in [0.2, 0.25) is 0 Å². The lowest BCUT2D eigenvalue weighted by atomic mass is 9.99. The van der Waals surface area contributed by atoms with E-state index < -0.39 is 5.66 Å². The molecule has 0 unspecified atom stereocenters. The third-order valence-corrected chi connectivity index (χ3v) is 3.96. The van der Waals surface area contributed by atoms with Crippen LogP contribution in [-0.2, 0) is 0 Å². The highest BCUT2D eigenvalue weighted by atomic mass is 16.3. The van der Waals surface area contributed by atoms with E-state index >= 15 is 0 Å². The highest BCUT2D eigenvalue weighted by Crippen LogP contribution is 2.43. The predicted octanol–water partition coefficient (Wildman–Crippen LogP) is 2.10. The molecular formula is C17H14N2O3. The predicted molar refractivity (Wildman–Crippen MR) is 82.8 cm³/mol. The molecule has 0 radical (unpaired) electrons. The summed E-state index contributed by atoms with van der Waals surface area (Å²) in [6.07, 6.45) is 0. The average molecular weight is 294 g/mol. The lowest BCUT2D eigenvalue weighted by Gasteiger charge is -2.10. The molecule has 3 aromatic carbocycles. The van der Waals surface area contributed by atoms with Crippen LogP contribution >= 0.6 is 0 Å². The second-order valence-corrected chi connectivity index (χ2v) is 5.97. The van der Waals surface area contributed by atoms with Crippen LogP contribution in [0.25, 0.3) is 21.5 Å². The summed E-state index contributed by atoms with van der Waals surface area (Å²) in [5.74, 6) is -0.158. The maximum atomic E-state index is 10.7. The van der Waals surface area contributed by atoms with E-state index in [1.54, 1.807) is 24.3 Å². The molecule has 22 heavy (non-hydrogen) atoms. The summed E-state index contributed by atoms with van der Waals surface area (Å²) in [6, 6.07) is 8.25. The van der Waals surface area contributed by atoms with Crippen molar-refractivity contribution < 1.29 is 15.3 Å². The first-order valence-electron chi connectivity index (χ1n) is 6.97. The van der Waals surface area contributed by atoms with E-state index in [1.165, 1.54) is 6.07 Å². The molecule has 0 amide bonds. The molecule has 3 N–H and O–H groups in total. The average Bonchev–Trinajstić information content (AvgIpc) is 2.77. The number of fused-ring (bicyclic) bond motifs is 4. The maximum Gasteiger partial charge on any atom is 0.146 e. The molecule has 3 aromatic rings. The number of nitrogens with zero attached hydrogens (tertiary/aromatic N) is 2. The van der Waals surface area contributed by atoms with Crippen LogP contribution in [0.15, 0.2) is 40.3 Å². The highest BCUT2D eigenvalue weighted by Gasteiger charge is 2.23. The first-order chi connectivity index (χ1) is 10.4. The van der Waals surface area contributed by atoms with E-state index in [2.05, 4.69) is 9.98 Å². The summed E-state index contributed by atoms with van der Waals surface area (Å²) < 4.78 is 0. The summed E-state index contributed by atoms with van der Waals surface area (Å²) in [7, 11) is 0. The monoisotopic (exact) mass is 294 g/mol. The Balaban J connectivity index is 2.37. The molecule has 4 rings (SSSR count). The van der Waals surface area contributed by atoms with Crippen LogP contribution < -0.4 is 10.7 Å². The van der Waals surface area contributed by atoms with Crippen molar-refractivity contribution in [2.24, 2.45) is 9.98 Å². The van der Waals surface area contributed by atoms with Crippen LogP contribution in [0.5, 0.6) is 17.2 Å². The molecule has 1 aliphatic rings. The van der Waals surface area contributed by atoms with Gasteiger partial charge in [-0.25, -0.2) is 0 Å². The van der Waals surface area contributed by atoms with Gasteiger partial charge in [-0.2, -0.15) is 0 Å². The maximum absolute atomic E-state index is 10.7. The van der Waals surface area contributed by atoms with Crippen molar-refractivity contribution in [3.05, 3.63) is 41.0 Å². The number of phenols is 3. The van der Waals surface area contributed by atoms with E-state index in [9.17, 15) is 15.3 Å². The Bertz CT molecular complexity index is 1080. The molecule has 0 aliphatic carbocycles. The number of aromatic hydroxyl groups is 3. The summed E-state index contributed by atoms with van der Waals surface area (Å²) in [6.45, 7) is 3.74. The van der Waals surface area contributed by atoms with Crippen molar-refractivity contribution in [2.75, 3.05) is 0 Å². The lowest BCUT2D eigenvalue weighted by molar-refractivity contribution is 0.462. The molecule has 1 heterocycles. The van der Waals surface area contributed by atoms with Crippen LogP contribution in [-0.4, -0.2) is 21.0 Å². The number of benzene rings is 3. The summed E-state index contributed by atoms with van der Waals surface area (Å²) >= 11 is 0. The normalized spacial score (nSPS) is 15.5. The van der Waals surface area contributed by atoms with Crippen molar-refractivity contribution >= 4 is 21.5 Å². The van der Waals surface area contributed by atoms with Gasteiger partial charge in [0.15, 0.2) is 0 Å². The Morgan fingerprint density at radius 1 is 0.818 bits per heavy atom. The molecule has 0 saturated carbocycles. The molecule has 1 aliphatic heterocycles. The van der Waals surface area contributed by atoms with Gasteiger partial charge in [0.1, 0.15) is 22.9 Å². The first kappa shape index (κ1) is 12.9. The quantitative estimate of drug-likeness (QED) is 0.438. The highest BCUT2D eigenvalue weighted by molar-refractivity contribution is 6.12. The third kappa shape index (κ3) is 1.53. The standard InChI is InChI=1S/C17H14N2O3/c1-17(2)18-10-7-6-9-13(14(10)19-17)16(22)12-8(15(9)21)4-3-5-11(12)20/h3-7,20-22H,1-2H3. The Kier molecular flexibility index (Phi) is 2.27. The molecular weight excluding hydrogens is 280 g/mol. The van der Waals surface area contributed by atoms with Crippen molar-refractivity contribution in [3.63, 3.8) is 0 Å².